The standard InChI is InChI=1S/C13H17ClN2OS/c1-13(2)7-15-12(18-8-13)16-9-4-5-10(14)11(6-9)17-3/h4-6H,7-8H2,1-3H3,(H,15,16). The number of nitrogens with one attached hydrogen (secondary N) is 1. The van der Waals surface area contributed by atoms with Crippen LogP contribution in [0.4, 0.5) is 5.69 Å². The lowest BCUT2D eigenvalue weighted by Gasteiger charge is -2.27. The molecule has 0 saturated heterocycles. The van der Waals surface area contributed by atoms with Gasteiger partial charge in [0.05, 0.1) is 12.1 Å². The number of methoxy groups -OCH3 is 1. The van der Waals surface area contributed by atoms with Gasteiger partial charge in [-0.3, -0.25) is 4.99 Å². The van der Waals surface area contributed by atoms with Crippen molar-refractivity contribution in [1.82, 2.24) is 0 Å². The molecule has 98 valence electrons. The van der Waals surface area contributed by atoms with E-state index in [0.29, 0.717) is 10.8 Å². The van der Waals surface area contributed by atoms with Crippen molar-refractivity contribution in [2.45, 2.75) is 13.8 Å². The average Bonchev–Trinajstić information content (AvgIpc) is 2.34. The number of rotatable bonds is 2. The molecule has 5 heteroatoms. The molecule has 1 aliphatic rings. The Morgan fingerprint density at radius 2 is 2.22 bits per heavy atom. The minimum Gasteiger partial charge on any atom is -0.495 e. The Labute approximate surface area is 117 Å². The summed E-state index contributed by atoms with van der Waals surface area (Å²) in [6, 6.07) is 5.62. The number of hydrogen-bond donors (Lipinski definition) is 1. The zero-order valence-electron chi connectivity index (χ0n) is 10.8. The van der Waals surface area contributed by atoms with Gasteiger partial charge in [0.2, 0.25) is 0 Å². The van der Waals surface area contributed by atoms with Crippen LogP contribution in [0.2, 0.25) is 5.02 Å². The van der Waals surface area contributed by atoms with Crippen LogP contribution in [0.1, 0.15) is 13.8 Å². The Bertz CT molecular complexity index is 474. The summed E-state index contributed by atoms with van der Waals surface area (Å²) in [6.45, 7) is 5.31. The number of aliphatic imine (C=N–C) groups is 1. The quantitative estimate of drug-likeness (QED) is 0.894. The smallest absolute Gasteiger partial charge is 0.161 e. The lowest BCUT2D eigenvalue weighted by molar-refractivity contribution is 0.415. The molecular formula is C13H17ClN2OS. The normalized spacial score (nSPS) is 18.1. The number of anilines is 1. The molecule has 1 aromatic rings. The summed E-state index contributed by atoms with van der Waals surface area (Å²) in [5.41, 5.74) is 1.23. The first kappa shape index (κ1) is 13.6. The van der Waals surface area contributed by atoms with Gasteiger partial charge in [-0.05, 0) is 17.5 Å². The molecule has 1 aliphatic heterocycles. The van der Waals surface area contributed by atoms with E-state index in [2.05, 4.69) is 24.2 Å². The lowest BCUT2D eigenvalue weighted by atomic mass is 9.97. The minimum absolute atomic E-state index is 0.285. The lowest BCUT2D eigenvalue weighted by Crippen LogP contribution is -2.27. The van der Waals surface area contributed by atoms with Crippen LogP contribution in [-0.2, 0) is 0 Å². The second-order valence-electron chi connectivity index (χ2n) is 5.05. The van der Waals surface area contributed by atoms with E-state index in [4.69, 9.17) is 16.3 Å². The van der Waals surface area contributed by atoms with Crippen molar-refractivity contribution in [2.75, 3.05) is 24.7 Å². The van der Waals surface area contributed by atoms with Crippen molar-refractivity contribution in [3.63, 3.8) is 0 Å². The molecule has 0 saturated carbocycles. The Kier molecular flexibility index (Phi) is 4.07. The molecule has 2 rings (SSSR count). The number of hydrogen-bond acceptors (Lipinski definition) is 4. The van der Waals surface area contributed by atoms with Crippen LogP contribution in [0.5, 0.6) is 5.75 Å². The van der Waals surface area contributed by atoms with Crippen LogP contribution >= 0.6 is 23.4 Å². The van der Waals surface area contributed by atoms with Crippen LogP contribution in [-0.4, -0.2) is 24.6 Å². The van der Waals surface area contributed by atoms with Gasteiger partial charge in [0.25, 0.3) is 0 Å². The Morgan fingerprint density at radius 1 is 1.44 bits per heavy atom. The number of nitrogens with zero attached hydrogens (tertiary/aromatic N) is 1. The second kappa shape index (κ2) is 5.41. The van der Waals surface area contributed by atoms with Crippen molar-refractivity contribution in [3.8, 4) is 5.75 Å². The third kappa shape index (κ3) is 3.33. The van der Waals surface area contributed by atoms with E-state index in [9.17, 15) is 0 Å². The first-order chi connectivity index (χ1) is 8.50. The molecule has 1 N–H and O–H groups in total. The zero-order chi connectivity index (χ0) is 13.2. The van der Waals surface area contributed by atoms with E-state index < -0.39 is 0 Å². The summed E-state index contributed by atoms with van der Waals surface area (Å²) in [5, 5.41) is 4.87. The van der Waals surface area contributed by atoms with Gasteiger partial charge < -0.3 is 10.1 Å². The van der Waals surface area contributed by atoms with Crippen LogP contribution in [0.3, 0.4) is 0 Å². The molecule has 0 aliphatic carbocycles. The molecular weight excluding hydrogens is 268 g/mol. The number of halogens is 1. The fourth-order valence-electron chi connectivity index (χ4n) is 1.58. The maximum absolute atomic E-state index is 5.99. The van der Waals surface area contributed by atoms with Gasteiger partial charge in [0, 0.05) is 24.1 Å². The topological polar surface area (TPSA) is 33.6 Å². The van der Waals surface area contributed by atoms with Crippen LogP contribution in [0.25, 0.3) is 0 Å². The second-order valence-corrected chi connectivity index (χ2v) is 6.42. The first-order valence-electron chi connectivity index (χ1n) is 5.78. The number of benzene rings is 1. The van der Waals surface area contributed by atoms with Crippen molar-refractivity contribution in [3.05, 3.63) is 23.2 Å². The highest BCUT2D eigenvalue weighted by Gasteiger charge is 2.23. The Balaban J connectivity index is 2.08. The third-order valence-corrected chi connectivity index (χ3v) is 4.40. The molecule has 0 unspecified atom stereocenters. The summed E-state index contributed by atoms with van der Waals surface area (Å²) in [4.78, 5) is 4.55. The Hall–Kier alpha value is -0.870. The molecule has 0 aromatic heterocycles. The molecule has 0 atom stereocenters. The SMILES string of the molecule is COc1cc(NC2=NCC(C)(C)CS2)ccc1Cl. The zero-order valence-corrected chi connectivity index (χ0v) is 12.4. The van der Waals surface area contributed by atoms with Gasteiger partial charge in [-0.1, -0.05) is 37.2 Å². The maximum Gasteiger partial charge on any atom is 0.161 e. The fraction of sp³-hybridized carbons (Fsp3) is 0.462. The van der Waals surface area contributed by atoms with Crippen molar-refractivity contribution >= 4 is 34.2 Å². The summed E-state index contributed by atoms with van der Waals surface area (Å²) < 4.78 is 5.19. The molecule has 1 heterocycles. The van der Waals surface area contributed by atoms with Crippen LogP contribution in [0.15, 0.2) is 23.2 Å². The molecule has 0 fully saturated rings. The van der Waals surface area contributed by atoms with Crippen molar-refractivity contribution < 1.29 is 4.74 Å². The van der Waals surface area contributed by atoms with Crippen molar-refractivity contribution in [2.24, 2.45) is 10.4 Å². The van der Waals surface area contributed by atoms with Crippen LogP contribution in [0, 0.1) is 5.41 Å². The molecule has 18 heavy (non-hydrogen) atoms. The number of thioether (sulfide) groups is 1. The first-order valence-corrected chi connectivity index (χ1v) is 7.14. The van der Waals surface area contributed by atoms with E-state index in [1.807, 2.05) is 18.2 Å². The van der Waals surface area contributed by atoms with Gasteiger partial charge in [0.1, 0.15) is 5.75 Å². The van der Waals surface area contributed by atoms with E-state index in [1.165, 1.54) is 0 Å². The summed E-state index contributed by atoms with van der Waals surface area (Å²) in [6.07, 6.45) is 0. The molecule has 0 radical (unpaired) electrons. The van der Waals surface area contributed by atoms with Gasteiger partial charge in [-0.15, -0.1) is 0 Å². The number of amidine groups is 1. The maximum atomic E-state index is 5.99. The van der Waals surface area contributed by atoms with Gasteiger partial charge in [-0.2, -0.15) is 0 Å². The monoisotopic (exact) mass is 284 g/mol. The van der Waals surface area contributed by atoms with E-state index in [0.717, 1.165) is 23.2 Å². The Morgan fingerprint density at radius 3 is 2.83 bits per heavy atom. The van der Waals surface area contributed by atoms with Gasteiger partial charge >= 0.3 is 0 Å². The molecule has 1 aromatic carbocycles. The van der Waals surface area contributed by atoms with Gasteiger partial charge in [-0.25, -0.2) is 0 Å². The summed E-state index contributed by atoms with van der Waals surface area (Å²) in [5.74, 6) is 1.74. The highest BCUT2D eigenvalue weighted by molar-refractivity contribution is 8.14. The van der Waals surface area contributed by atoms with Crippen molar-refractivity contribution in [1.29, 1.82) is 0 Å². The predicted octanol–water partition coefficient (Wildman–Crippen LogP) is 3.89. The molecule has 0 bridgehead atoms. The predicted molar refractivity (Wildman–Crippen MR) is 80.2 cm³/mol. The largest absolute Gasteiger partial charge is 0.495 e. The molecule has 0 spiro atoms. The third-order valence-electron chi connectivity index (χ3n) is 2.65. The van der Waals surface area contributed by atoms with Gasteiger partial charge in [0.15, 0.2) is 5.17 Å². The average molecular weight is 285 g/mol. The summed E-state index contributed by atoms with van der Waals surface area (Å²) in [7, 11) is 1.61. The van der Waals surface area contributed by atoms with Crippen LogP contribution < -0.4 is 10.1 Å². The van der Waals surface area contributed by atoms with E-state index in [1.54, 1.807) is 18.9 Å². The van der Waals surface area contributed by atoms with E-state index in [-0.39, 0.29) is 5.41 Å². The number of ether oxygens (including phenoxy) is 1. The highest BCUT2D eigenvalue weighted by Crippen LogP contribution is 2.31. The molecule has 0 amide bonds. The minimum atomic E-state index is 0.285. The summed E-state index contributed by atoms with van der Waals surface area (Å²) >= 11 is 7.74. The fourth-order valence-corrected chi connectivity index (χ4v) is 2.74. The highest BCUT2D eigenvalue weighted by atomic mass is 35.5. The van der Waals surface area contributed by atoms with E-state index >= 15 is 0 Å². The molecule has 3 nitrogen and oxygen atoms in total.